The first-order valence-electron chi connectivity index (χ1n) is 5.70. The third kappa shape index (κ3) is 2.30. The van der Waals surface area contributed by atoms with Crippen LogP contribution in [0.1, 0.15) is 16.3 Å². The molecule has 0 saturated carbocycles. The zero-order valence-corrected chi connectivity index (χ0v) is 10.2. The van der Waals surface area contributed by atoms with Crippen LogP contribution in [0.4, 0.5) is 0 Å². The molecule has 0 aliphatic carbocycles. The molecule has 0 saturated heterocycles. The summed E-state index contributed by atoms with van der Waals surface area (Å²) in [5.74, 6) is 0.203. The number of para-hydroxylation sites is 2. The maximum Gasteiger partial charge on any atom is 0.190 e. The minimum Gasteiger partial charge on any atom is -0.292 e. The molecular formula is C12H10N6O. The highest BCUT2D eigenvalue weighted by Crippen LogP contribution is 2.09. The number of hydrogen-bond donors (Lipinski definition) is 0. The van der Waals surface area contributed by atoms with Gasteiger partial charge in [0.05, 0.1) is 30.7 Å². The van der Waals surface area contributed by atoms with Crippen molar-refractivity contribution in [2.75, 3.05) is 0 Å². The Morgan fingerprint density at radius 1 is 1.26 bits per heavy atom. The molecule has 0 aliphatic heterocycles. The van der Waals surface area contributed by atoms with Crippen LogP contribution in [-0.4, -0.2) is 36.0 Å². The summed E-state index contributed by atoms with van der Waals surface area (Å²) >= 11 is 0. The average molecular weight is 254 g/mol. The van der Waals surface area contributed by atoms with Crippen LogP contribution in [0.25, 0.3) is 11.0 Å². The van der Waals surface area contributed by atoms with Crippen molar-refractivity contribution in [2.45, 2.75) is 6.42 Å². The maximum absolute atomic E-state index is 12.0. The third-order valence-electron chi connectivity index (χ3n) is 2.60. The predicted molar refractivity (Wildman–Crippen MR) is 66.4 cm³/mol. The van der Waals surface area contributed by atoms with Crippen LogP contribution in [0.5, 0.6) is 0 Å². The second kappa shape index (κ2) is 4.52. The molecule has 3 aromatic rings. The predicted octanol–water partition coefficient (Wildman–Crippen LogP) is 0.579. The van der Waals surface area contributed by atoms with Crippen molar-refractivity contribution < 1.29 is 4.79 Å². The fraction of sp³-hybridized carbons (Fsp3) is 0.167. The maximum atomic E-state index is 12.0. The van der Waals surface area contributed by atoms with Gasteiger partial charge < -0.3 is 0 Å². The number of rotatable bonds is 3. The SMILES string of the molecule is Cn1nnc(CC(=O)c2cnc3ccccc3n2)n1. The molecule has 0 aliphatic rings. The summed E-state index contributed by atoms with van der Waals surface area (Å²) in [6.07, 6.45) is 1.54. The number of carbonyl (C=O) groups is 1. The molecule has 0 atom stereocenters. The molecule has 19 heavy (non-hydrogen) atoms. The normalized spacial score (nSPS) is 10.8. The monoisotopic (exact) mass is 254 g/mol. The van der Waals surface area contributed by atoms with Gasteiger partial charge >= 0.3 is 0 Å². The second-order valence-corrected chi connectivity index (χ2v) is 4.04. The highest BCUT2D eigenvalue weighted by molar-refractivity contribution is 5.96. The van der Waals surface area contributed by atoms with E-state index in [1.54, 1.807) is 7.05 Å². The number of Topliss-reactive ketones (excluding diaryl/α,β-unsaturated/α-hetero) is 1. The smallest absolute Gasteiger partial charge is 0.190 e. The molecule has 0 radical (unpaired) electrons. The number of ketones is 1. The average Bonchev–Trinajstić information content (AvgIpc) is 2.83. The number of fused-ring (bicyclic) bond motifs is 1. The van der Waals surface area contributed by atoms with Crippen LogP contribution >= 0.6 is 0 Å². The van der Waals surface area contributed by atoms with Gasteiger partial charge in [-0.05, 0) is 17.3 Å². The highest BCUT2D eigenvalue weighted by Gasteiger charge is 2.13. The van der Waals surface area contributed by atoms with Gasteiger partial charge in [0.2, 0.25) is 0 Å². The number of tetrazole rings is 1. The first kappa shape index (κ1) is 11.4. The van der Waals surface area contributed by atoms with Crippen molar-refractivity contribution in [2.24, 2.45) is 7.05 Å². The number of benzene rings is 1. The number of aryl methyl sites for hydroxylation is 1. The molecule has 0 bridgehead atoms. The molecule has 0 unspecified atom stereocenters. The summed E-state index contributed by atoms with van der Waals surface area (Å²) in [7, 11) is 1.65. The molecule has 3 rings (SSSR count). The van der Waals surface area contributed by atoms with Gasteiger partial charge in [-0.2, -0.15) is 4.80 Å². The van der Waals surface area contributed by atoms with E-state index in [4.69, 9.17) is 0 Å². The van der Waals surface area contributed by atoms with Crippen molar-refractivity contribution in [1.82, 2.24) is 30.2 Å². The summed E-state index contributed by atoms with van der Waals surface area (Å²) in [6.45, 7) is 0. The molecule has 94 valence electrons. The first-order valence-corrected chi connectivity index (χ1v) is 5.70. The van der Waals surface area contributed by atoms with E-state index in [1.807, 2.05) is 24.3 Å². The number of carbonyl (C=O) groups excluding carboxylic acids is 1. The van der Waals surface area contributed by atoms with E-state index < -0.39 is 0 Å². The molecule has 7 nitrogen and oxygen atoms in total. The van der Waals surface area contributed by atoms with Crippen molar-refractivity contribution >= 4 is 16.8 Å². The van der Waals surface area contributed by atoms with Crippen LogP contribution < -0.4 is 0 Å². The molecule has 2 aromatic heterocycles. The zero-order chi connectivity index (χ0) is 13.2. The van der Waals surface area contributed by atoms with Crippen LogP contribution in [0.2, 0.25) is 0 Å². The van der Waals surface area contributed by atoms with Gasteiger partial charge in [0.15, 0.2) is 11.6 Å². The van der Waals surface area contributed by atoms with Crippen molar-refractivity contribution in [3.63, 3.8) is 0 Å². The lowest BCUT2D eigenvalue weighted by Gasteiger charge is -1.99. The summed E-state index contributed by atoms with van der Waals surface area (Å²) in [5, 5.41) is 11.4. The molecule has 0 N–H and O–H groups in total. The number of aromatic nitrogens is 6. The van der Waals surface area contributed by atoms with Gasteiger partial charge in [0.25, 0.3) is 0 Å². The van der Waals surface area contributed by atoms with E-state index in [1.165, 1.54) is 11.0 Å². The van der Waals surface area contributed by atoms with Crippen LogP contribution in [-0.2, 0) is 13.5 Å². The fourth-order valence-corrected chi connectivity index (χ4v) is 1.72. The summed E-state index contributed by atoms with van der Waals surface area (Å²) in [4.78, 5) is 21.8. The minimum atomic E-state index is -0.175. The topological polar surface area (TPSA) is 86.5 Å². The lowest BCUT2D eigenvalue weighted by molar-refractivity contribution is 0.0986. The van der Waals surface area contributed by atoms with Gasteiger partial charge in [-0.15, -0.1) is 10.2 Å². The van der Waals surface area contributed by atoms with Crippen molar-refractivity contribution in [3.8, 4) is 0 Å². The largest absolute Gasteiger partial charge is 0.292 e. The Kier molecular flexibility index (Phi) is 2.71. The van der Waals surface area contributed by atoms with E-state index in [0.717, 1.165) is 5.52 Å². The minimum absolute atomic E-state index is 0.0703. The molecule has 1 aromatic carbocycles. The van der Waals surface area contributed by atoms with Gasteiger partial charge in [-0.1, -0.05) is 12.1 Å². The zero-order valence-electron chi connectivity index (χ0n) is 10.2. The molecule has 0 spiro atoms. The lowest BCUT2D eigenvalue weighted by Crippen LogP contribution is -2.08. The van der Waals surface area contributed by atoms with E-state index in [-0.39, 0.29) is 12.2 Å². The number of hydrogen-bond acceptors (Lipinski definition) is 6. The van der Waals surface area contributed by atoms with E-state index in [2.05, 4.69) is 25.4 Å². The number of nitrogens with zero attached hydrogens (tertiary/aromatic N) is 6. The van der Waals surface area contributed by atoms with Gasteiger partial charge in [-0.25, -0.2) is 4.98 Å². The van der Waals surface area contributed by atoms with Crippen LogP contribution in [0, 0.1) is 0 Å². The second-order valence-electron chi connectivity index (χ2n) is 4.04. The molecule has 7 heteroatoms. The third-order valence-corrected chi connectivity index (χ3v) is 2.60. The lowest BCUT2D eigenvalue weighted by atomic mass is 10.2. The molecule has 0 amide bonds. The molecular weight excluding hydrogens is 244 g/mol. The quantitative estimate of drug-likeness (QED) is 0.635. The first-order chi connectivity index (χ1) is 9.22. The van der Waals surface area contributed by atoms with Crippen molar-refractivity contribution in [1.29, 1.82) is 0 Å². The fourth-order valence-electron chi connectivity index (χ4n) is 1.72. The Hall–Kier alpha value is -2.70. The van der Waals surface area contributed by atoms with E-state index in [9.17, 15) is 4.79 Å². The Morgan fingerprint density at radius 3 is 2.79 bits per heavy atom. The van der Waals surface area contributed by atoms with Crippen molar-refractivity contribution in [3.05, 3.63) is 42.0 Å². The van der Waals surface area contributed by atoms with Gasteiger partial charge in [0.1, 0.15) is 5.69 Å². The Bertz CT molecular complexity index is 751. The summed E-state index contributed by atoms with van der Waals surface area (Å²) in [6, 6.07) is 7.40. The Morgan fingerprint density at radius 2 is 2.05 bits per heavy atom. The van der Waals surface area contributed by atoms with Crippen LogP contribution in [0.3, 0.4) is 0 Å². The van der Waals surface area contributed by atoms with E-state index in [0.29, 0.717) is 17.0 Å². The Balaban J connectivity index is 1.89. The van der Waals surface area contributed by atoms with Gasteiger partial charge in [0, 0.05) is 0 Å². The molecule has 2 heterocycles. The standard InChI is InChI=1S/C12H10N6O/c1-18-16-12(15-17-18)6-11(19)10-7-13-8-4-2-3-5-9(8)14-10/h2-5,7H,6H2,1H3. The summed E-state index contributed by atoms with van der Waals surface area (Å²) in [5.41, 5.74) is 1.77. The molecule has 0 fully saturated rings. The van der Waals surface area contributed by atoms with E-state index >= 15 is 0 Å². The Labute approximate surface area is 108 Å². The highest BCUT2D eigenvalue weighted by atomic mass is 16.1. The van der Waals surface area contributed by atoms with Gasteiger partial charge in [-0.3, -0.25) is 9.78 Å². The summed E-state index contributed by atoms with van der Waals surface area (Å²) < 4.78 is 0. The van der Waals surface area contributed by atoms with Crippen LogP contribution in [0.15, 0.2) is 30.5 Å².